The second kappa shape index (κ2) is 7.45. The van der Waals surface area contributed by atoms with Gasteiger partial charge < -0.3 is 15.3 Å². The number of hydrogen-bond acceptors (Lipinski definition) is 5. The van der Waals surface area contributed by atoms with Crippen molar-refractivity contribution in [3.05, 3.63) is 34.4 Å². The van der Waals surface area contributed by atoms with Crippen LogP contribution in [0.1, 0.15) is 6.42 Å². The number of hydrogen-bond donors (Lipinski definition) is 2. The van der Waals surface area contributed by atoms with Crippen molar-refractivity contribution in [1.29, 1.82) is 0 Å². The number of nitro benzene ring substituents is 1. The fourth-order valence-electron chi connectivity index (χ4n) is 1.53. The van der Waals surface area contributed by atoms with Crippen LogP contribution in [0.25, 0.3) is 0 Å². The summed E-state index contributed by atoms with van der Waals surface area (Å²) in [7, 11) is 1.79. The Hall–Kier alpha value is -1.99. The van der Waals surface area contributed by atoms with E-state index in [2.05, 4.69) is 5.32 Å². The number of nitrogens with one attached hydrogen (secondary N) is 1. The number of aliphatic hydroxyl groups is 1. The molecule has 0 heterocycles. The molecule has 0 aliphatic carbocycles. The quantitative estimate of drug-likeness (QED) is 0.564. The normalized spacial score (nSPS) is 10.5. The first kappa shape index (κ1) is 15.1. The lowest BCUT2D eigenvalue weighted by molar-refractivity contribution is -0.383. The summed E-state index contributed by atoms with van der Waals surface area (Å²) in [5.41, 5.74) is 0.0712. The number of amides is 1. The van der Waals surface area contributed by atoms with Crippen molar-refractivity contribution >= 4 is 17.3 Å². The summed E-state index contributed by atoms with van der Waals surface area (Å²) in [5, 5.41) is 22.0. The van der Waals surface area contributed by atoms with Crippen LogP contribution in [0.15, 0.2) is 24.3 Å². The molecule has 0 bridgehead atoms. The van der Waals surface area contributed by atoms with Crippen LogP contribution in [-0.4, -0.2) is 47.6 Å². The predicted octanol–water partition coefficient (Wildman–Crippen LogP) is 0.847. The van der Waals surface area contributed by atoms with Gasteiger partial charge in [0.15, 0.2) is 0 Å². The second-order valence-corrected chi connectivity index (χ2v) is 4.10. The zero-order chi connectivity index (χ0) is 14.3. The number of para-hydroxylation sites is 2. The van der Waals surface area contributed by atoms with Crippen LogP contribution in [0.3, 0.4) is 0 Å². The van der Waals surface area contributed by atoms with Crippen molar-refractivity contribution in [3.63, 3.8) is 0 Å². The monoisotopic (exact) mass is 267 g/mol. The maximum Gasteiger partial charge on any atom is 0.292 e. The first-order chi connectivity index (χ1) is 9.04. The fourth-order valence-corrected chi connectivity index (χ4v) is 1.53. The summed E-state index contributed by atoms with van der Waals surface area (Å²) >= 11 is 0. The van der Waals surface area contributed by atoms with Crippen LogP contribution in [0.2, 0.25) is 0 Å². The third-order valence-corrected chi connectivity index (χ3v) is 2.58. The maximum absolute atomic E-state index is 11.7. The van der Waals surface area contributed by atoms with E-state index in [0.29, 0.717) is 13.1 Å². The third kappa shape index (κ3) is 5.02. The van der Waals surface area contributed by atoms with Crippen molar-refractivity contribution < 1.29 is 14.8 Å². The van der Waals surface area contributed by atoms with Gasteiger partial charge in [0, 0.05) is 25.6 Å². The zero-order valence-corrected chi connectivity index (χ0v) is 10.7. The minimum absolute atomic E-state index is 0.0300. The summed E-state index contributed by atoms with van der Waals surface area (Å²) in [6.07, 6.45) is 0.211. The highest BCUT2D eigenvalue weighted by atomic mass is 16.6. The summed E-state index contributed by atoms with van der Waals surface area (Å²) in [6, 6.07) is 6.00. The smallest absolute Gasteiger partial charge is 0.292 e. The van der Waals surface area contributed by atoms with Gasteiger partial charge in [-0.05, 0) is 13.1 Å². The fraction of sp³-hybridized carbons (Fsp3) is 0.417. The molecule has 0 aromatic heterocycles. The number of likely N-dealkylation sites (N-methyl/N-ethyl adjacent to an activating group) is 1. The van der Waals surface area contributed by atoms with Crippen LogP contribution in [-0.2, 0) is 4.79 Å². The molecule has 0 saturated heterocycles. The highest BCUT2D eigenvalue weighted by Crippen LogP contribution is 2.23. The minimum atomic E-state index is -0.534. The molecule has 1 amide bonds. The Kier molecular flexibility index (Phi) is 5.91. The molecule has 0 saturated carbocycles. The van der Waals surface area contributed by atoms with Gasteiger partial charge in [-0.3, -0.25) is 14.9 Å². The lowest BCUT2D eigenvalue weighted by Gasteiger charge is -2.14. The van der Waals surface area contributed by atoms with Crippen LogP contribution in [0, 0.1) is 10.1 Å². The van der Waals surface area contributed by atoms with E-state index in [0.717, 1.165) is 0 Å². The first-order valence-electron chi connectivity index (χ1n) is 5.87. The first-order valence-corrected chi connectivity index (χ1v) is 5.87. The predicted molar refractivity (Wildman–Crippen MR) is 70.9 cm³/mol. The molecular formula is C12H17N3O4. The molecule has 7 nitrogen and oxygen atoms in total. The van der Waals surface area contributed by atoms with Crippen molar-refractivity contribution in [2.45, 2.75) is 6.42 Å². The number of carbonyl (C=O) groups is 1. The summed E-state index contributed by atoms with van der Waals surface area (Å²) < 4.78 is 0. The second-order valence-electron chi connectivity index (χ2n) is 4.10. The van der Waals surface area contributed by atoms with E-state index >= 15 is 0 Å². The molecule has 1 aromatic carbocycles. The molecule has 1 rings (SSSR count). The number of nitro groups is 1. The Balaban J connectivity index is 2.55. The van der Waals surface area contributed by atoms with Crippen molar-refractivity contribution in [1.82, 2.24) is 4.90 Å². The van der Waals surface area contributed by atoms with Crippen molar-refractivity contribution in [2.24, 2.45) is 0 Å². The average Bonchev–Trinajstić information content (AvgIpc) is 2.37. The number of nitrogens with zero attached hydrogens (tertiary/aromatic N) is 2. The van der Waals surface area contributed by atoms with Crippen molar-refractivity contribution in [2.75, 3.05) is 32.1 Å². The van der Waals surface area contributed by atoms with Gasteiger partial charge in [0.25, 0.3) is 5.69 Å². The molecular weight excluding hydrogens is 250 g/mol. The van der Waals surface area contributed by atoms with E-state index in [1.807, 2.05) is 0 Å². The van der Waals surface area contributed by atoms with E-state index in [-0.39, 0.29) is 30.3 Å². The summed E-state index contributed by atoms with van der Waals surface area (Å²) in [4.78, 5) is 23.7. The Morgan fingerprint density at radius 2 is 2.11 bits per heavy atom. The highest BCUT2D eigenvalue weighted by molar-refractivity contribution is 5.93. The molecule has 0 atom stereocenters. The van der Waals surface area contributed by atoms with Gasteiger partial charge in [-0.15, -0.1) is 0 Å². The van der Waals surface area contributed by atoms with Crippen LogP contribution in [0.4, 0.5) is 11.4 Å². The molecule has 0 aliphatic heterocycles. The Morgan fingerprint density at radius 1 is 1.42 bits per heavy atom. The molecule has 7 heteroatoms. The lowest BCUT2D eigenvalue weighted by Crippen LogP contribution is -2.26. The number of aliphatic hydroxyl groups excluding tert-OH is 1. The standard InChI is InChI=1S/C12H17N3O4/c1-14(8-9-16)7-6-12(17)13-10-4-2-3-5-11(10)15(18)19/h2-5,16H,6-9H2,1H3,(H,13,17). The van der Waals surface area contributed by atoms with Crippen molar-refractivity contribution in [3.8, 4) is 0 Å². The van der Waals surface area contributed by atoms with Gasteiger partial charge >= 0.3 is 0 Å². The van der Waals surface area contributed by atoms with E-state index in [9.17, 15) is 14.9 Å². The van der Waals surface area contributed by atoms with Gasteiger partial charge in [-0.1, -0.05) is 12.1 Å². The van der Waals surface area contributed by atoms with Gasteiger partial charge in [0.1, 0.15) is 5.69 Å². The Morgan fingerprint density at radius 3 is 2.74 bits per heavy atom. The van der Waals surface area contributed by atoms with E-state index in [4.69, 9.17) is 5.11 Å². The van der Waals surface area contributed by atoms with Crippen LogP contribution in [0.5, 0.6) is 0 Å². The molecule has 104 valence electrons. The largest absolute Gasteiger partial charge is 0.395 e. The average molecular weight is 267 g/mol. The van der Waals surface area contributed by atoms with Crippen LogP contribution < -0.4 is 5.32 Å². The highest BCUT2D eigenvalue weighted by Gasteiger charge is 2.14. The molecule has 2 N–H and O–H groups in total. The summed E-state index contributed by atoms with van der Waals surface area (Å²) in [5.74, 6) is -0.293. The van der Waals surface area contributed by atoms with Gasteiger partial charge in [0.05, 0.1) is 11.5 Å². The van der Waals surface area contributed by atoms with E-state index in [1.165, 1.54) is 12.1 Å². The molecule has 0 aliphatic rings. The molecule has 0 radical (unpaired) electrons. The summed E-state index contributed by atoms with van der Waals surface area (Å²) in [6.45, 7) is 0.994. The van der Waals surface area contributed by atoms with E-state index in [1.54, 1.807) is 24.1 Å². The van der Waals surface area contributed by atoms with Crippen LogP contribution >= 0.6 is 0 Å². The van der Waals surface area contributed by atoms with Gasteiger partial charge in [-0.25, -0.2) is 0 Å². The topological polar surface area (TPSA) is 95.7 Å². The third-order valence-electron chi connectivity index (χ3n) is 2.58. The number of carbonyl (C=O) groups excluding carboxylic acids is 1. The number of rotatable bonds is 7. The lowest BCUT2D eigenvalue weighted by atomic mass is 10.2. The number of anilines is 1. The molecule has 19 heavy (non-hydrogen) atoms. The maximum atomic E-state index is 11.7. The molecule has 1 aromatic rings. The Labute approximate surface area is 111 Å². The Bertz CT molecular complexity index is 450. The molecule has 0 spiro atoms. The van der Waals surface area contributed by atoms with Gasteiger partial charge in [-0.2, -0.15) is 0 Å². The SMILES string of the molecule is CN(CCO)CCC(=O)Nc1ccccc1[N+](=O)[O-]. The molecule has 0 fully saturated rings. The van der Waals surface area contributed by atoms with Gasteiger partial charge in [0.2, 0.25) is 5.91 Å². The van der Waals surface area contributed by atoms with E-state index < -0.39 is 4.92 Å². The molecule has 0 unspecified atom stereocenters. The number of benzene rings is 1. The zero-order valence-electron chi connectivity index (χ0n) is 10.7. The minimum Gasteiger partial charge on any atom is -0.395 e.